The van der Waals surface area contributed by atoms with Crippen LogP contribution in [-0.4, -0.2) is 27.3 Å². The topological polar surface area (TPSA) is 110 Å². The third kappa shape index (κ3) is 3.63. The number of sulfonamides is 1. The van der Waals surface area contributed by atoms with Gasteiger partial charge in [0.25, 0.3) is 21.8 Å². The Morgan fingerprint density at radius 3 is 2.31 bits per heavy atom. The molecule has 0 saturated carbocycles. The fraction of sp³-hybridized carbons (Fsp3) is 0.0435. The van der Waals surface area contributed by atoms with E-state index in [0.717, 1.165) is 4.31 Å². The summed E-state index contributed by atoms with van der Waals surface area (Å²) in [6, 6.07) is 19.6. The molecule has 0 bridgehead atoms. The van der Waals surface area contributed by atoms with E-state index in [1.54, 1.807) is 60.7 Å². The quantitative estimate of drug-likeness (QED) is 0.610. The third-order valence-corrected chi connectivity index (χ3v) is 7.18. The summed E-state index contributed by atoms with van der Waals surface area (Å²) in [5.74, 6) is -1.64. The van der Waals surface area contributed by atoms with Gasteiger partial charge in [0.2, 0.25) is 0 Å². The molecule has 0 fully saturated rings. The number of para-hydroxylation sites is 1. The number of hydrogen-bond donors (Lipinski definition) is 2. The van der Waals surface area contributed by atoms with E-state index in [2.05, 4.69) is 5.32 Å². The second-order valence-corrected chi connectivity index (χ2v) is 9.41. The first-order chi connectivity index (χ1) is 15.2. The molecule has 3 aromatic carbocycles. The molecule has 1 heterocycles. The van der Waals surface area contributed by atoms with Crippen LogP contribution in [0.4, 0.5) is 11.4 Å². The maximum absolute atomic E-state index is 13.5. The molecule has 7 nitrogen and oxygen atoms in total. The largest absolute Gasteiger partial charge is 0.366 e. The molecule has 4 rings (SSSR count). The number of rotatable bonds is 4. The molecule has 0 atom stereocenters. The molecule has 32 heavy (non-hydrogen) atoms. The van der Waals surface area contributed by atoms with E-state index in [4.69, 9.17) is 17.3 Å². The first-order valence-electron chi connectivity index (χ1n) is 9.50. The summed E-state index contributed by atoms with van der Waals surface area (Å²) < 4.78 is 28.0. The lowest BCUT2D eigenvalue weighted by atomic mass is 9.95. The molecular formula is C23H18ClN3O4S. The van der Waals surface area contributed by atoms with Crippen LogP contribution in [0.5, 0.6) is 0 Å². The maximum Gasteiger partial charge on any atom is 0.270 e. The Kier molecular flexibility index (Phi) is 5.50. The number of hydrogen-bond acceptors (Lipinski definition) is 4. The Bertz CT molecular complexity index is 1390. The number of primary amides is 1. The van der Waals surface area contributed by atoms with Gasteiger partial charge in [0.05, 0.1) is 16.9 Å². The van der Waals surface area contributed by atoms with Gasteiger partial charge in [-0.05, 0) is 35.9 Å². The molecule has 1 aliphatic heterocycles. The number of fused-ring (bicyclic) bond motifs is 1. The Hall–Kier alpha value is -3.62. The average molecular weight is 468 g/mol. The number of carbonyl (C=O) groups excluding carboxylic acids is 2. The minimum atomic E-state index is -4.24. The van der Waals surface area contributed by atoms with Crippen LogP contribution < -0.4 is 15.4 Å². The molecule has 2 amide bonds. The summed E-state index contributed by atoms with van der Waals surface area (Å²) in [4.78, 5) is 24.7. The molecule has 0 aliphatic carbocycles. The highest BCUT2D eigenvalue weighted by Gasteiger charge is 2.40. The zero-order valence-corrected chi connectivity index (χ0v) is 18.4. The van der Waals surface area contributed by atoms with E-state index >= 15 is 0 Å². The lowest BCUT2D eigenvalue weighted by molar-refractivity contribution is -0.112. The molecular weight excluding hydrogens is 450 g/mol. The highest BCUT2D eigenvalue weighted by atomic mass is 35.5. The van der Waals surface area contributed by atoms with Gasteiger partial charge in [-0.25, -0.2) is 8.42 Å². The summed E-state index contributed by atoms with van der Waals surface area (Å²) in [7, 11) is -2.87. The lowest BCUT2D eigenvalue weighted by Gasteiger charge is -2.31. The second-order valence-electron chi connectivity index (χ2n) is 7.07. The highest BCUT2D eigenvalue weighted by Crippen LogP contribution is 2.43. The number of nitrogens with one attached hydrogen (secondary N) is 1. The zero-order chi connectivity index (χ0) is 23.0. The van der Waals surface area contributed by atoms with Crippen molar-refractivity contribution in [1.82, 2.24) is 0 Å². The van der Waals surface area contributed by atoms with Gasteiger partial charge >= 0.3 is 0 Å². The number of benzene rings is 3. The molecule has 0 aromatic heterocycles. The monoisotopic (exact) mass is 467 g/mol. The predicted molar refractivity (Wildman–Crippen MR) is 125 cm³/mol. The summed E-state index contributed by atoms with van der Waals surface area (Å²) in [6.45, 7) is 0. The van der Waals surface area contributed by atoms with E-state index in [-0.39, 0.29) is 16.8 Å². The van der Waals surface area contributed by atoms with Crippen molar-refractivity contribution < 1.29 is 18.0 Å². The van der Waals surface area contributed by atoms with Crippen LogP contribution in [0.15, 0.2) is 77.7 Å². The predicted octanol–water partition coefficient (Wildman–Crippen LogP) is 3.62. The SMILES string of the molecule is CN1c2ccc(Cl)cc2C(c2ccccc2)=C(C(=O)Nc2ccccc2C(N)=O)S1(=O)=O. The van der Waals surface area contributed by atoms with E-state index in [9.17, 15) is 18.0 Å². The number of halogens is 1. The number of nitrogens with two attached hydrogens (primary N) is 1. The number of amides is 2. The van der Waals surface area contributed by atoms with Gasteiger partial charge in [-0.15, -0.1) is 0 Å². The summed E-state index contributed by atoms with van der Waals surface area (Å²) >= 11 is 6.22. The van der Waals surface area contributed by atoms with Gasteiger partial charge in [-0.2, -0.15) is 0 Å². The summed E-state index contributed by atoms with van der Waals surface area (Å²) in [5, 5.41) is 2.94. The molecule has 0 spiro atoms. The fourth-order valence-corrected chi connectivity index (χ4v) is 5.24. The molecule has 3 aromatic rings. The zero-order valence-electron chi connectivity index (χ0n) is 16.9. The molecule has 9 heteroatoms. The fourth-order valence-electron chi connectivity index (χ4n) is 3.61. The van der Waals surface area contributed by atoms with Crippen LogP contribution in [0.1, 0.15) is 21.5 Å². The van der Waals surface area contributed by atoms with Gasteiger partial charge in [-0.3, -0.25) is 13.9 Å². The van der Waals surface area contributed by atoms with Crippen molar-refractivity contribution in [2.45, 2.75) is 0 Å². The molecule has 162 valence electrons. The molecule has 0 saturated heterocycles. The Morgan fingerprint density at radius 1 is 0.969 bits per heavy atom. The van der Waals surface area contributed by atoms with Gasteiger partial charge in [0.1, 0.15) is 0 Å². The van der Waals surface area contributed by atoms with Crippen molar-refractivity contribution in [3.8, 4) is 0 Å². The van der Waals surface area contributed by atoms with E-state index < -0.39 is 26.7 Å². The van der Waals surface area contributed by atoms with Crippen molar-refractivity contribution in [2.24, 2.45) is 5.73 Å². The highest BCUT2D eigenvalue weighted by molar-refractivity contribution is 7.97. The lowest BCUT2D eigenvalue weighted by Crippen LogP contribution is -2.37. The van der Waals surface area contributed by atoms with E-state index in [0.29, 0.717) is 21.8 Å². The van der Waals surface area contributed by atoms with Crippen LogP contribution in [0, 0.1) is 0 Å². The van der Waals surface area contributed by atoms with Crippen molar-refractivity contribution in [3.05, 3.63) is 99.4 Å². The Morgan fingerprint density at radius 2 is 1.62 bits per heavy atom. The maximum atomic E-state index is 13.5. The van der Waals surface area contributed by atoms with Crippen LogP contribution in [-0.2, 0) is 14.8 Å². The number of anilines is 2. The number of nitrogens with zero attached hydrogens (tertiary/aromatic N) is 1. The van der Waals surface area contributed by atoms with E-state index in [1.807, 2.05) is 0 Å². The Balaban J connectivity index is 1.99. The Labute approximate surface area is 190 Å². The number of carbonyl (C=O) groups is 2. The van der Waals surface area contributed by atoms with Gasteiger partial charge < -0.3 is 11.1 Å². The molecule has 3 N–H and O–H groups in total. The van der Waals surface area contributed by atoms with Gasteiger partial charge in [0.15, 0.2) is 4.91 Å². The molecule has 0 radical (unpaired) electrons. The first-order valence-corrected chi connectivity index (χ1v) is 11.3. The van der Waals surface area contributed by atoms with E-state index in [1.165, 1.54) is 19.2 Å². The van der Waals surface area contributed by atoms with Crippen LogP contribution in [0.3, 0.4) is 0 Å². The van der Waals surface area contributed by atoms with Crippen molar-refractivity contribution in [3.63, 3.8) is 0 Å². The summed E-state index contributed by atoms with van der Waals surface area (Å²) in [6.07, 6.45) is 0. The van der Waals surface area contributed by atoms with Crippen LogP contribution in [0.2, 0.25) is 5.02 Å². The van der Waals surface area contributed by atoms with Crippen LogP contribution >= 0.6 is 11.6 Å². The smallest absolute Gasteiger partial charge is 0.270 e. The average Bonchev–Trinajstić information content (AvgIpc) is 2.76. The molecule has 1 aliphatic rings. The van der Waals surface area contributed by atoms with Crippen LogP contribution in [0.25, 0.3) is 5.57 Å². The normalized spacial score (nSPS) is 14.6. The van der Waals surface area contributed by atoms with Crippen molar-refractivity contribution in [2.75, 3.05) is 16.7 Å². The third-order valence-electron chi connectivity index (χ3n) is 5.12. The van der Waals surface area contributed by atoms with Gasteiger partial charge in [-0.1, -0.05) is 54.1 Å². The van der Waals surface area contributed by atoms with Crippen molar-refractivity contribution in [1.29, 1.82) is 0 Å². The standard InChI is InChI=1S/C23H18ClN3O4S/c1-27-19-12-11-15(24)13-17(19)20(14-7-3-2-4-8-14)21(32(27,30)31)23(29)26-18-10-6-5-9-16(18)22(25)28/h2-13H,1H3,(H2,25,28)(H,26,29). The minimum absolute atomic E-state index is 0.0627. The van der Waals surface area contributed by atoms with Gasteiger partial charge in [0, 0.05) is 23.2 Å². The summed E-state index contributed by atoms with van der Waals surface area (Å²) in [5.41, 5.74) is 7.20. The minimum Gasteiger partial charge on any atom is -0.366 e. The second kappa shape index (κ2) is 8.14. The first kappa shape index (κ1) is 21.6. The van der Waals surface area contributed by atoms with Crippen molar-refractivity contribution >= 4 is 50.4 Å². The molecule has 0 unspecified atom stereocenters.